The van der Waals surface area contributed by atoms with Gasteiger partial charge in [-0.1, -0.05) is 6.92 Å². The predicted octanol–water partition coefficient (Wildman–Crippen LogP) is 0.471. The highest BCUT2D eigenvalue weighted by Gasteiger charge is 2.60. The second kappa shape index (κ2) is 8.62. The number of fused-ring (bicyclic) bond motifs is 1. The molecule has 0 aromatic heterocycles. The van der Waals surface area contributed by atoms with Gasteiger partial charge in [-0.3, -0.25) is 14.4 Å². The van der Waals surface area contributed by atoms with Crippen LogP contribution in [0.3, 0.4) is 0 Å². The molecule has 0 unspecified atom stereocenters. The lowest BCUT2D eigenvalue weighted by atomic mass is 9.78. The molecule has 9 nitrogen and oxygen atoms in total. The van der Waals surface area contributed by atoms with E-state index < -0.39 is 41.7 Å². The van der Waals surface area contributed by atoms with Crippen molar-refractivity contribution in [3.63, 3.8) is 0 Å². The number of likely N-dealkylation sites (N-methyl/N-ethyl adjacent to an activating group) is 1. The maximum atomic E-state index is 13.3. The number of carboxylic acids is 1. The number of carbonyl (C=O) groups is 4. The van der Waals surface area contributed by atoms with Gasteiger partial charge in [-0.25, -0.2) is 4.79 Å². The quantitative estimate of drug-likeness (QED) is 0.459. The van der Waals surface area contributed by atoms with Crippen molar-refractivity contribution >= 4 is 35.5 Å². The van der Waals surface area contributed by atoms with E-state index in [0.29, 0.717) is 24.8 Å². The van der Waals surface area contributed by atoms with Gasteiger partial charge in [0.05, 0.1) is 18.0 Å². The maximum absolute atomic E-state index is 13.3. The van der Waals surface area contributed by atoms with Gasteiger partial charge in [0.1, 0.15) is 5.70 Å². The van der Waals surface area contributed by atoms with Gasteiger partial charge in [-0.2, -0.15) is 8.78 Å². The number of nitrogens with one attached hydrogen (secondary N) is 2. The fourth-order valence-electron chi connectivity index (χ4n) is 4.59. The Labute approximate surface area is 188 Å². The fourth-order valence-corrected chi connectivity index (χ4v) is 6.07. The molecule has 3 rings (SSSR count). The normalized spacial score (nSPS) is 30.7. The third kappa shape index (κ3) is 4.21. The molecule has 0 radical (unpaired) electrons. The first-order valence-electron chi connectivity index (χ1n) is 10.4. The van der Waals surface area contributed by atoms with Gasteiger partial charge in [-0.15, -0.1) is 11.8 Å². The molecular weight excluding hydrogens is 446 g/mol. The minimum absolute atomic E-state index is 0.0566. The molecule has 0 aromatic carbocycles. The van der Waals surface area contributed by atoms with Crippen molar-refractivity contribution in [1.29, 1.82) is 0 Å². The minimum Gasteiger partial charge on any atom is -0.477 e. The Hall–Kier alpha value is -2.21. The van der Waals surface area contributed by atoms with Gasteiger partial charge < -0.3 is 25.5 Å². The molecule has 0 aromatic rings. The summed E-state index contributed by atoms with van der Waals surface area (Å²) in [4.78, 5) is 51.9. The van der Waals surface area contributed by atoms with Crippen LogP contribution < -0.4 is 10.6 Å². The number of alkyl halides is 2. The number of β-lactam (4-membered cyclic amide) rings is 1. The lowest BCUT2D eigenvalue weighted by Crippen LogP contribution is -2.66. The van der Waals surface area contributed by atoms with Crippen LogP contribution in [0.15, 0.2) is 10.6 Å². The van der Waals surface area contributed by atoms with E-state index in [4.69, 9.17) is 0 Å². The molecule has 0 saturated carbocycles. The van der Waals surface area contributed by atoms with E-state index in [-0.39, 0.29) is 28.8 Å². The van der Waals surface area contributed by atoms with Gasteiger partial charge in [0.15, 0.2) is 0 Å². The topological polar surface area (TPSA) is 119 Å². The summed E-state index contributed by atoms with van der Waals surface area (Å²) in [6.07, 6.45) is 0.519. The molecule has 32 heavy (non-hydrogen) atoms. The lowest BCUT2D eigenvalue weighted by Gasteiger charge is -2.47. The zero-order chi connectivity index (χ0) is 24.1. The predicted molar refractivity (Wildman–Crippen MR) is 113 cm³/mol. The zero-order valence-corrected chi connectivity index (χ0v) is 19.3. The number of hydrogen-bond acceptors (Lipinski definition) is 6. The number of rotatable bonds is 7. The summed E-state index contributed by atoms with van der Waals surface area (Å²) in [6.45, 7) is 4.26. The van der Waals surface area contributed by atoms with E-state index in [9.17, 15) is 33.1 Å². The summed E-state index contributed by atoms with van der Waals surface area (Å²) in [7, 11) is 3.33. The van der Waals surface area contributed by atoms with Gasteiger partial charge in [0.25, 0.3) is 5.91 Å². The van der Waals surface area contributed by atoms with Crippen molar-refractivity contribution in [3.05, 3.63) is 10.6 Å². The molecule has 3 N–H and O–H groups in total. The summed E-state index contributed by atoms with van der Waals surface area (Å²) in [6, 6.07) is -1.77. The second-order valence-corrected chi connectivity index (χ2v) is 10.2. The highest BCUT2D eigenvalue weighted by molar-refractivity contribution is 8.03. The number of aliphatic carboxylic acids is 1. The highest BCUT2D eigenvalue weighted by Crippen LogP contribution is 2.51. The summed E-state index contributed by atoms with van der Waals surface area (Å²) in [5.41, 5.74) is -0.101. The Kier molecular flexibility index (Phi) is 6.58. The van der Waals surface area contributed by atoms with Crippen LogP contribution in [0.1, 0.15) is 27.2 Å². The molecule has 0 bridgehead atoms. The number of nitrogens with zero attached hydrogens (tertiary/aromatic N) is 2. The third-order valence-electron chi connectivity index (χ3n) is 6.21. The van der Waals surface area contributed by atoms with E-state index in [1.54, 1.807) is 21.0 Å². The molecule has 2 saturated heterocycles. The average Bonchev–Trinajstić information content (AvgIpc) is 3.22. The van der Waals surface area contributed by atoms with E-state index in [0.717, 1.165) is 0 Å². The van der Waals surface area contributed by atoms with Gasteiger partial charge >= 0.3 is 11.9 Å². The first kappa shape index (κ1) is 24.4. The van der Waals surface area contributed by atoms with Crippen molar-refractivity contribution < 1.29 is 33.1 Å². The molecule has 12 heteroatoms. The third-order valence-corrected chi connectivity index (χ3v) is 7.72. The Balaban J connectivity index is 1.75. The summed E-state index contributed by atoms with van der Waals surface area (Å²) < 4.78 is 26.5. The monoisotopic (exact) mass is 474 g/mol. The fraction of sp³-hybridized carbons (Fsp3) is 0.700. The molecule has 3 aliphatic heterocycles. The number of carbonyl (C=O) groups excluding carboxylic acids is 3. The van der Waals surface area contributed by atoms with Crippen molar-refractivity contribution in [2.75, 3.05) is 20.6 Å². The van der Waals surface area contributed by atoms with Crippen LogP contribution in [-0.2, 0) is 19.2 Å². The largest absolute Gasteiger partial charge is 0.477 e. The van der Waals surface area contributed by atoms with Crippen LogP contribution in [-0.4, -0.2) is 88.5 Å². The standard InChI is InChI=1S/C20H28F2N4O5S/c1-8-13-12(9(2)24-19(31)20(3,21)22)17(28)26(13)14(18(29)30)15(8)32-10-6-11(23-7-10)16(27)25(4)5/h8-13,23H,6-7H2,1-5H3,(H,24,31)(H,29,30)/t8-,9-,10+,11+,12-,13-/m1/s1. The van der Waals surface area contributed by atoms with E-state index in [1.165, 1.54) is 28.5 Å². The van der Waals surface area contributed by atoms with E-state index in [2.05, 4.69) is 10.6 Å². The number of amides is 3. The first-order chi connectivity index (χ1) is 14.8. The average molecular weight is 475 g/mol. The Morgan fingerprint density at radius 3 is 2.50 bits per heavy atom. The van der Waals surface area contributed by atoms with Gasteiger partial charge in [0.2, 0.25) is 11.8 Å². The van der Waals surface area contributed by atoms with Crippen LogP contribution in [0.2, 0.25) is 0 Å². The van der Waals surface area contributed by atoms with Crippen LogP contribution >= 0.6 is 11.8 Å². The number of thioether (sulfide) groups is 1. The van der Waals surface area contributed by atoms with Crippen molar-refractivity contribution in [1.82, 2.24) is 20.4 Å². The molecule has 6 atom stereocenters. The summed E-state index contributed by atoms with van der Waals surface area (Å²) in [5, 5.41) is 15.1. The number of carboxylic acid groups (broad SMARTS) is 1. The number of hydrogen-bond donors (Lipinski definition) is 3. The molecule has 178 valence electrons. The Morgan fingerprint density at radius 1 is 1.34 bits per heavy atom. The van der Waals surface area contributed by atoms with Gasteiger partial charge in [0, 0.05) is 49.7 Å². The SMILES string of the molecule is C[C@@H](NC(=O)C(C)(F)F)[C@H]1C(=O)N2C(C(=O)O)=C(S[C@@H]3CN[C@H](C(=O)N(C)C)C3)[C@H](C)[C@H]12. The van der Waals surface area contributed by atoms with E-state index >= 15 is 0 Å². The molecule has 3 heterocycles. The summed E-state index contributed by atoms with van der Waals surface area (Å²) >= 11 is 1.34. The zero-order valence-electron chi connectivity index (χ0n) is 18.5. The van der Waals surface area contributed by atoms with Gasteiger partial charge in [-0.05, 0) is 13.3 Å². The first-order valence-corrected chi connectivity index (χ1v) is 11.2. The van der Waals surface area contributed by atoms with Crippen LogP contribution in [0.4, 0.5) is 8.78 Å². The smallest absolute Gasteiger partial charge is 0.353 e. The molecule has 0 aliphatic carbocycles. The molecule has 3 aliphatic rings. The van der Waals surface area contributed by atoms with Crippen molar-refractivity contribution in [2.24, 2.45) is 11.8 Å². The molecule has 0 spiro atoms. The van der Waals surface area contributed by atoms with Crippen molar-refractivity contribution in [2.45, 2.75) is 56.5 Å². The van der Waals surface area contributed by atoms with E-state index in [1.807, 2.05) is 0 Å². The van der Waals surface area contributed by atoms with Crippen LogP contribution in [0.5, 0.6) is 0 Å². The van der Waals surface area contributed by atoms with Crippen molar-refractivity contribution in [3.8, 4) is 0 Å². The number of halogens is 2. The summed E-state index contributed by atoms with van der Waals surface area (Å²) in [5.74, 6) is -8.01. The Morgan fingerprint density at radius 2 is 1.97 bits per heavy atom. The lowest BCUT2D eigenvalue weighted by molar-refractivity contribution is -0.160. The Bertz CT molecular complexity index is 875. The molecular formula is C20H28F2N4O5S. The second-order valence-electron chi connectivity index (χ2n) is 8.85. The minimum atomic E-state index is -3.58. The maximum Gasteiger partial charge on any atom is 0.353 e. The molecule has 3 amide bonds. The highest BCUT2D eigenvalue weighted by atomic mass is 32.2. The molecule has 2 fully saturated rings. The van der Waals surface area contributed by atoms with Crippen LogP contribution in [0, 0.1) is 11.8 Å². The van der Waals surface area contributed by atoms with Crippen LogP contribution in [0.25, 0.3) is 0 Å².